The van der Waals surface area contributed by atoms with Gasteiger partial charge in [-0.2, -0.15) is 0 Å². The van der Waals surface area contributed by atoms with E-state index in [4.69, 9.17) is 5.41 Å². The van der Waals surface area contributed by atoms with Gasteiger partial charge in [0.15, 0.2) is 16.3 Å². The van der Waals surface area contributed by atoms with E-state index in [1.807, 2.05) is 19.9 Å². The van der Waals surface area contributed by atoms with Gasteiger partial charge in [-0.1, -0.05) is 11.8 Å². The molecule has 17 heavy (non-hydrogen) atoms. The van der Waals surface area contributed by atoms with Gasteiger partial charge in [0, 0.05) is 5.69 Å². The van der Waals surface area contributed by atoms with Gasteiger partial charge in [0.25, 0.3) is 0 Å². The Labute approximate surface area is 101 Å². The molecule has 1 N–H and O–H groups in total. The highest BCUT2D eigenvalue weighted by atomic mass is 32.2. The van der Waals surface area contributed by atoms with Gasteiger partial charge >= 0.3 is 0 Å². The lowest BCUT2D eigenvalue weighted by Crippen LogP contribution is -2.19. The third-order valence-corrected chi connectivity index (χ3v) is 3.67. The summed E-state index contributed by atoms with van der Waals surface area (Å²) in [5.74, 6) is 0.361. The van der Waals surface area contributed by atoms with E-state index in [1.165, 1.54) is 16.3 Å². The number of carbonyl (C=O) groups is 1. The molecule has 2 aromatic rings. The van der Waals surface area contributed by atoms with Crippen LogP contribution < -0.4 is 5.49 Å². The number of rotatable bonds is 0. The predicted molar refractivity (Wildman–Crippen MR) is 64.2 cm³/mol. The first-order valence-electron chi connectivity index (χ1n) is 5.19. The number of thioether (sulfide) groups is 1. The van der Waals surface area contributed by atoms with Crippen LogP contribution in [-0.2, 0) is 0 Å². The van der Waals surface area contributed by atoms with Gasteiger partial charge < -0.3 is 0 Å². The normalized spacial score (nSPS) is 14.4. The van der Waals surface area contributed by atoms with Gasteiger partial charge in [-0.25, -0.2) is 14.5 Å². The Morgan fingerprint density at radius 1 is 1.41 bits per heavy atom. The first-order chi connectivity index (χ1) is 8.08. The molecular formula is C11H10N4OS. The maximum atomic E-state index is 11.8. The van der Waals surface area contributed by atoms with Gasteiger partial charge in [-0.15, -0.1) is 0 Å². The summed E-state index contributed by atoms with van der Waals surface area (Å²) in [7, 11) is 0. The van der Waals surface area contributed by atoms with E-state index in [0.717, 1.165) is 11.3 Å². The summed E-state index contributed by atoms with van der Waals surface area (Å²) in [6, 6.07) is 1.90. The number of nitrogens with one attached hydrogen (secondary N) is 1. The summed E-state index contributed by atoms with van der Waals surface area (Å²) in [6.45, 7) is 3.80. The van der Waals surface area contributed by atoms with Crippen molar-refractivity contribution in [3.05, 3.63) is 22.8 Å². The molecule has 0 spiro atoms. The largest absolute Gasteiger partial charge is 0.282 e. The van der Waals surface area contributed by atoms with Crippen molar-refractivity contribution in [2.24, 2.45) is 0 Å². The molecule has 3 rings (SSSR count). The second-order valence-electron chi connectivity index (χ2n) is 4.04. The Morgan fingerprint density at radius 2 is 2.18 bits per heavy atom. The third-order valence-electron chi connectivity index (χ3n) is 2.75. The average molecular weight is 246 g/mol. The first kappa shape index (κ1) is 10.5. The zero-order valence-electron chi connectivity index (χ0n) is 9.44. The summed E-state index contributed by atoms with van der Waals surface area (Å²) in [5.41, 5.74) is 2.54. The molecule has 0 saturated carbocycles. The maximum Gasteiger partial charge on any atom is 0.244 e. The molecular weight excluding hydrogens is 236 g/mol. The molecule has 0 aliphatic carbocycles. The molecule has 0 atom stereocenters. The lowest BCUT2D eigenvalue weighted by atomic mass is 10.2. The fourth-order valence-corrected chi connectivity index (χ4v) is 2.93. The summed E-state index contributed by atoms with van der Waals surface area (Å²) in [6.07, 6.45) is 0. The SMILES string of the molecule is Cc1cc(C)c2c(=N)nc3n(c2n1)C(=O)CS3. The minimum Gasteiger partial charge on any atom is -0.282 e. The summed E-state index contributed by atoms with van der Waals surface area (Å²) >= 11 is 1.36. The van der Waals surface area contributed by atoms with Crippen LogP contribution in [0.1, 0.15) is 16.1 Å². The van der Waals surface area contributed by atoms with Crippen LogP contribution in [0.2, 0.25) is 0 Å². The molecule has 0 bridgehead atoms. The van der Waals surface area contributed by atoms with E-state index in [0.29, 0.717) is 21.9 Å². The van der Waals surface area contributed by atoms with Crippen molar-refractivity contribution in [2.75, 3.05) is 5.75 Å². The number of hydrogen-bond donors (Lipinski definition) is 1. The molecule has 0 aromatic carbocycles. The summed E-state index contributed by atoms with van der Waals surface area (Å²) < 4.78 is 1.53. The molecule has 1 aliphatic heterocycles. The smallest absolute Gasteiger partial charge is 0.244 e. The Kier molecular flexibility index (Phi) is 2.09. The highest BCUT2D eigenvalue weighted by Gasteiger charge is 2.24. The van der Waals surface area contributed by atoms with Crippen molar-refractivity contribution in [3.8, 4) is 0 Å². The van der Waals surface area contributed by atoms with E-state index in [-0.39, 0.29) is 11.4 Å². The minimum atomic E-state index is -0.0139. The number of aromatic nitrogens is 3. The zero-order valence-corrected chi connectivity index (χ0v) is 10.3. The molecule has 6 heteroatoms. The average Bonchev–Trinajstić information content (AvgIpc) is 2.59. The number of hydrogen-bond acceptors (Lipinski definition) is 5. The number of aryl methyl sites for hydroxylation is 2. The molecule has 5 nitrogen and oxygen atoms in total. The van der Waals surface area contributed by atoms with E-state index in [2.05, 4.69) is 9.97 Å². The van der Waals surface area contributed by atoms with Crippen molar-refractivity contribution in [1.29, 1.82) is 5.41 Å². The molecule has 0 saturated heterocycles. The minimum absolute atomic E-state index is 0.0139. The molecule has 0 amide bonds. The van der Waals surface area contributed by atoms with Gasteiger partial charge in [0.2, 0.25) is 5.91 Å². The quantitative estimate of drug-likeness (QED) is 0.711. The Bertz CT molecular complexity index is 719. The highest BCUT2D eigenvalue weighted by Crippen LogP contribution is 2.26. The number of fused-ring (bicyclic) bond motifs is 3. The van der Waals surface area contributed by atoms with Crippen molar-refractivity contribution in [3.63, 3.8) is 0 Å². The van der Waals surface area contributed by atoms with Crippen molar-refractivity contribution >= 4 is 28.7 Å². The molecule has 3 heterocycles. The van der Waals surface area contributed by atoms with Crippen molar-refractivity contribution in [2.45, 2.75) is 19.0 Å². The van der Waals surface area contributed by atoms with Crippen LogP contribution in [0.3, 0.4) is 0 Å². The summed E-state index contributed by atoms with van der Waals surface area (Å²) in [4.78, 5) is 20.4. The monoisotopic (exact) mass is 246 g/mol. The van der Waals surface area contributed by atoms with Crippen LogP contribution in [0, 0.1) is 19.3 Å². The summed E-state index contributed by atoms with van der Waals surface area (Å²) in [5, 5.41) is 9.16. The topological polar surface area (TPSA) is 71.6 Å². The highest BCUT2D eigenvalue weighted by molar-refractivity contribution is 8.00. The van der Waals surface area contributed by atoms with Gasteiger partial charge in [0.05, 0.1) is 11.1 Å². The molecule has 86 valence electrons. The second kappa shape index (κ2) is 3.40. The van der Waals surface area contributed by atoms with Crippen molar-refractivity contribution in [1.82, 2.24) is 14.5 Å². The molecule has 1 aliphatic rings. The fraction of sp³-hybridized carbons (Fsp3) is 0.273. The van der Waals surface area contributed by atoms with Crippen LogP contribution in [0.15, 0.2) is 11.2 Å². The molecule has 0 fully saturated rings. The molecule has 0 unspecified atom stereocenters. The second-order valence-corrected chi connectivity index (χ2v) is 4.98. The van der Waals surface area contributed by atoms with Gasteiger partial charge in [-0.3, -0.25) is 10.2 Å². The molecule has 0 radical (unpaired) electrons. The van der Waals surface area contributed by atoms with E-state index < -0.39 is 0 Å². The number of nitrogens with zero attached hydrogens (tertiary/aromatic N) is 3. The van der Waals surface area contributed by atoms with Crippen molar-refractivity contribution < 1.29 is 4.79 Å². The Hall–Kier alpha value is -1.69. The van der Waals surface area contributed by atoms with E-state index >= 15 is 0 Å². The zero-order chi connectivity index (χ0) is 12.2. The maximum absolute atomic E-state index is 11.8. The van der Waals surface area contributed by atoms with Gasteiger partial charge in [0.1, 0.15) is 0 Å². The van der Waals surface area contributed by atoms with Crippen LogP contribution in [-0.4, -0.2) is 26.2 Å². The van der Waals surface area contributed by atoms with Gasteiger partial charge in [-0.05, 0) is 25.5 Å². The first-order valence-corrected chi connectivity index (χ1v) is 6.18. The number of carbonyl (C=O) groups excluding carboxylic acids is 1. The van der Waals surface area contributed by atoms with E-state index in [1.54, 1.807) is 0 Å². The fourth-order valence-electron chi connectivity index (χ4n) is 2.08. The van der Waals surface area contributed by atoms with Crippen LogP contribution >= 0.6 is 11.8 Å². The number of pyridine rings is 1. The predicted octanol–water partition coefficient (Wildman–Crippen LogP) is 1.27. The Balaban J connectivity index is 2.59. The molecule has 2 aromatic heterocycles. The van der Waals surface area contributed by atoms with Crippen LogP contribution in [0.4, 0.5) is 0 Å². The van der Waals surface area contributed by atoms with E-state index in [9.17, 15) is 4.79 Å². The third kappa shape index (κ3) is 1.40. The Morgan fingerprint density at radius 3 is 2.94 bits per heavy atom. The van der Waals surface area contributed by atoms with Crippen LogP contribution in [0.25, 0.3) is 11.0 Å². The lowest BCUT2D eigenvalue weighted by molar-refractivity contribution is 0.0942. The lowest BCUT2D eigenvalue weighted by Gasteiger charge is -2.08. The standard InChI is InChI=1S/C11H10N4OS/c1-5-3-6(2)13-10-8(5)9(12)14-11-15(10)7(16)4-17-11/h3,12H,4H2,1-2H3. The van der Waals surface area contributed by atoms with Crippen LogP contribution in [0.5, 0.6) is 0 Å².